The number of thiazole rings is 1. The summed E-state index contributed by atoms with van der Waals surface area (Å²) in [5.41, 5.74) is 7.13. The fourth-order valence-corrected chi connectivity index (χ4v) is 3.32. The number of carbonyl (C=O) groups excluding carboxylic acids is 2. The summed E-state index contributed by atoms with van der Waals surface area (Å²) in [4.78, 5) is 28.1. The second-order valence-corrected chi connectivity index (χ2v) is 6.42. The summed E-state index contributed by atoms with van der Waals surface area (Å²) in [7, 11) is 0. The second kappa shape index (κ2) is 7.52. The van der Waals surface area contributed by atoms with Crippen molar-refractivity contribution in [2.75, 3.05) is 18.4 Å². The molecule has 0 saturated carbocycles. The van der Waals surface area contributed by atoms with Crippen LogP contribution in [0.5, 0.6) is 0 Å². The van der Waals surface area contributed by atoms with E-state index in [2.05, 4.69) is 20.9 Å². The predicted octanol–water partition coefficient (Wildman–Crippen LogP) is 0.554. The minimum atomic E-state index is -0.350. The van der Waals surface area contributed by atoms with Crippen molar-refractivity contribution in [1.82, 2.24) is 15.6 Å². The number of anilines is 1. The van der Waals surface area contributed by atoms with Gasteiger partial charge in [0.05, 0.1) is 18.3 Å². The lowest BCUT2D eigenvalue weighted by Gasteiger charge is -2.11. The molecular formula is C16H19N5O2S. The number of nitrogens with one attached hydrogen (secondary N) is 3. The van der Waals surface area contributed by atoms with Crippen molar-refractivity contribution in [3.63, 3.8) is 0 Å². The van der Waals surface area contributed by atoms with E-state index in [1.165, 1.54) is 11.3 Å². The highest BCUT2D eigenvalue weighted by atomic mass is 32.1. The van der Waals surface area contributed by atoms with Gasteiger partial charge in [-0.05, 0) is 6.42 Å². The minimum absolute atomic E-state index is 0.0469. The van der Waals surface area contributed by atoms with E-state index in [0.29, 0.717) is 18.1 Å². The summed E-state index contributed by atoms with van der Waals surface area (Å²) in [5, 5.41) is 11.2. The van der Waals surface area contributed by atoms with Gasteiger partial charge in [0.2, 0.25) is 11.8 Å². The van der Waals surface area contributed by atoms with E-state index in [-0.39, 0.29) is 30.4 Å². The summed E-state index contributed by atoms with van der Waals surface area (Å²) in [6, 6.07) is 9.37. The molecule has 24 heavy (non-hydrogen) atoms. The van der Waals surface area contributed by atoms with Gasteiger partial charge >= 0.3 is 0 Å². The van der Waals surface area contributed by atoms with Gasteiger partial charge in [0.15, 0.2) is 5.13 Å². The quantitative estimate of drug-likeness (QED) is 0.633. The Balaban J connectivity index is 1.56. The van der Waals surface area contributed by atoms with E-state index >= 15 is 0 Å². The topological polar surface area (TPSA) is 109 Å². The molecule has 1 aromatic carbocycles. The maximum Gasteiger partial charge on any atom is 0.243 e. The molecule has 2 aromatic rings. The molecule has 1 saturated heterocycles. The van der Waals surface area contributed by atoms with E-state index < -0.39 is 0 Å². The number of aromatic nitrogens is 1. The van der Waals surface area contributed by atoms with Crippen LogP contribution < -0.4 is 21.7 Å². The molecule has 1 aliphatic rings. The van der Waals surface area contributed by atoms with Crippen LogP contribution in [0.15, 0.2) is 35.7 Å². The van der Waals surface area contributed by atoms with Crippen LogP contribution in [0.1, 0.15) is 6.42 Å². The van der Waals surface area contributed by atoms with Crippen LogP contribution in [-0.2, 0) is 9.59 Å². The first-order valence-corrected chi connectivity index (χ1v) is 8.58. The molecule has 1 aliphatic heterocycles. The third-order valence-corrected chi connectivity index (χ3v) is 4.56. The SMILES string of the molecule is NCC(=O)NC1CN[C@H](C(=O)Nc2nc(-c3ccccc3)cs2)C1. The first kappa shape index (κ1) is 16.6. The fraction of sp³-hybridized carbons (Fsp3) is 0.312. The molecule has 126 valence electrons. The molecule has 2 heterocycles. The van der Waals surface area contributed by atoms with Crippen LogP contribution in [0.2, 0.25) is 0 Å². The highest BCUT2D eigenvalue weighted by Gasteiger charge is 2.30. The van der Waals surface area contributed by atoms with Gasteiger partial charge in [0, 0.05) is 23.5 Å². The summed E-state index contributed by atoms with van der Waals surface area (Å²) >= 11 is 1.39. The molecule has 0 aliphatic carbocycles. The van der Waals surface area contributed by atoms with Crippen molar-refractivity contribution in [2.24, 2.45) is 5.73 Å². The Labute approximate surface area is 143 Å². The van der Waals surface area contributed by atoms with Crippen LogP contribution in [0, 0.1) is 0 Å². The van der Waals surface area contributed by atoms with E-state index in [1.54, 1.807) is 0 Å². The van der Waals surface area contributed by atoms with Crippen LogP contribution in [0.25, 0.3) is 11.3 Å². The van der Waals surface area contributed by atoms with Gasteiger partial charge in [0.25, 0.3) is 0 Å². The van der Waals surface area contributed by atoms with Crippen molar-refractivity contribution in [3.8, 4) is 11.3 Å². The maximum atomic E-state index is 12.3. The summed E-state index contributed by atoms with van der Waals surface area (Å²) in [6.45, 7) is 0.506. The van der Waals surface area contributed by atoms with Crippen molar-refractivity contribution < 1.29 is 9.59 Å². The fourth-order valence-electron chi connectivity index (χ4n) is 2.60. The lowest BCUT2D eigenvalue weighted by atomic mass is 10.1. The molecule has 0 radical (unpaired) electrons. The summed E-state index contributed by atoms with van der Waals surface area (Å²) < 4.78 is 0. The van der Waals surface area contributed by atoms with Crippen molar-refractivity contribution in [2.45, 2.75) is 18.5 Å². The van der Waals surface area contributed by atoms with Crippen molar-refractivity contribution in [3.05, 3.63) is 35.7 Å². The number of rotatable bonds is 5. The Morgan fingerprint density at radius 1 is 1.33 bits per heavy atom. The Morgan fingerprint density at radius 3 is 2.88 bits per heavy atom. The van der Waals surface area contributed by atoms with Gasteiger partial charge < -0.3 is 21.7 Å². The minimum Gasteiger partial charge on any atom is -0.351 e. The van der Waals surface area contributed by atoms with E-state index in [4.69, 9.17) is 5.73 Å². The molecule has 7 nitrogen and oxygen atoms in total. The Bertz CT molecular complexity index is 718. The largest absolute Gasteiger partial charge is 0.351 e. The third kappa shape index (κ3) is 3.97. The van der Waals surface area contributed by atoms with Crippen molar-refractivity contribution >= 4 is 28.3 Å². The smallest absolute Gasteiger partial charge is 0.243 e. The van der Waals surface area contributed by atoms with Gasteiger partial charge in [-0.15, -0.1) is 11.3 Å². The number of benzene rings is 1. The molecule has 1 aromatic heterocycles. The van der Waals surface area contributed by atoms with Crippen LogP contribution >= 0.6 is 11.3 Å². The monoisotopic (exact) mass is 345 g/mol. The average molecular weight is 345 g/mol. The maximum absolute atomic E-state index is 12.3. The highest BCUT2D eigenvalue weighted by Crippen LogP contribution is 2.24. The van der Waals surface area contributed by atoms with E-state index in [9.17, 15) is 9.59 Å². The summed E-state index contributed by atoms with van der Waals surface area (Å²) in [6.07, 6.45) is 0.536. The van der Waals surface area contributed by atoms with Crippen LogP contribution in [-0.4, -0.2) is 42.0 Å². The zero-order valence-corrected chi connectivity index (χ0v) is 13.8. The molecular weight excluding hydrogens is 326 g/mol. The van der Waals surface area contributed by atoms with Gasteiger partial charge in [-0.25, -0.2) is 4.98 Å². The lowest BCUT2D eigenvalue weighted by molar-refractivity contribution is -0.121. The molecule has 2 atom stereocenters. The second-order valence-electron chi connectivity index (χ2n) is 5.56. The first-order chi connectivity index (χ1) is 11.7. The average Bonchev–Trinajstić information content (AvgIpc) is 3.25. The zero-order chi connectivity index (χ0) is 16.9. The predicted molar refractivity (Wildman–Crippen MR) is 93.6 cm³/mol. The molecule has 3 rings (SSSR count). The normalized spacial score (nSPS) is 19.9. The number of hydrogen-bond acceptors (Lipinski definition) is 6. The van der Waals surface area contributed by atoms with Gasteiger partial charge in [-0.2, -0.15) is 0 Å². The molecule has 0 bridgehead atoms. The number of carbonyl (C=O) groups is 2. The molecule has 8 heteroatoms. The molecule has 1 unspecified atom stereocenters. The molecule has 1 fully saturated rings. The summed E-state index contributed by atoms with van der Waals surface area (Å²) in [5.74, 6) is -0.358. The van der Waals surface area contributed by atoms with Crippen LogP contribution in [0.4, 0.5) is 5.13 Å². The Kier molecular flexibility index (Phi) is 5.19. The Hall–Kier alpha value is -2.29. The van der Waals surface area contributed by atoms with E-state index in [0.717, 1.165) is 11.3 Å². The zero-order valence-electron chi connectivity index (χ0n) is 13.0. The number of hydrogen-bond donors (Lipinski definition) is 4. The lowest BCUT2D eigenvalue weighted by Crippen LogP contribution is -2.39. The molecule has 0 spiro atoms. The number of nitrogens with zero attached hydrogens (tertiary/aromatic N) is 1. The Morgan fingerprint density at radius 2 is 2.12 bits per heavy atom. The van der Waals surface area contributed by atoms with E-state index in [1.807, 2.05) is 35.7 Å². The number of amides is 2. The van der Waals surface area contributed by atoms with Gasteiger partial charge in [-0.3, -0.25) is 9.59 Å². The standard InChI is InChI=1S/C16H19N5O2S/c17-7-14(22)19-11-6-12(18-8-11)15(23)21-16-20-13(9-24-16)10-4-2-1-3-5-10/h1-5,9,11-12,18H,6-8,17H2,(H,19,22)(H,20,21,23)/t11?,12-/m0/s1. The molecule has 2 amide bonds. The van der Waals surface area contributed by atoms with Crippen LogP contribution in [0.3, 0.4) is 0 Å². The highest BCUT2D eigenvalue weighted by molar-refractivity contribution is 7.14. The van der Waals surface area contributed by atoms with Gasteiger partial charge in [-0.1, -0.05) is 30.3 Å². The van der Waals surface area contributed by atoms with Gasteiger partial charge in [0.1, 0.15) is 0 Å². The first-order valence-electron chi connectivity index (χ1n) is 7.70. The third-order valence-electron chi connectivity index (χ3n) is 3.80. The number of nitrogens with two attached hydrogens (primary N) is 1. The molecule has 5 N–H and O–H groups in total. The van der Waals surface area contributed by atoms with Crippen molar-refractivity contribution in [1.29, 1.82) is 0 Å².